The van der Waals surface area contributed by atoms with E-state index in [2.05, 4.69) is 38.3 Å². The number of likely N-dealkylation sites (tertiary alicyclic amines) is 1. The fourth-order valence-electron chi connectivity index (χ4n) is 3.61. The van der Waals surface area contributed by atoms with Gasteiger partial charge in [-0.05, 0) is 30.0 Å². The van der Waals surface area contributed by atoms with Crippen LogP contribution in [0.1, 0.15) is 29.4 Å². The highest BCUT2D eigenvalue weighted by Crippen LogP contribution is 2.31. The zero-order chi connectivity index (χ0) is 15.6. The number of hydrogen-bond donors (Lipinski definition) is 1. The van der Waals surface area contributed by atoms with Crippen LogP contribution < -0.4 is 4.74 Å². The maximum atomic E-state index is 5.58. The SMILES string of the molecule is CO[C@@H]1C[C@@H](c2ncn[nH]2)N(CCc2ccc3c(c2)CCO3)C1. The van der Waals surface area contributed by atoms with E-state index in [1.165, 1.54) is 11.1 Å². The van der Waals surface area contributed by atoms with E-state index in [1.54, 1.807) is 13.4 Å². The summed E-state index contributed by atoms with van der Waals surface area (Å²) in [6.07, 6.45) is 4.85. The molecule has 0 unspecified atom stereocenters. The number of nitrogens with one attached hydrogen (secondary N) is 1. The van der Waals surface area contributed by atoms with Gasteiger partial charge in [-0.3, -0.25) is 10.00 Å². The summed E-state index contributed by atoms with van der Waals surface area (Å²) in [5.41, 5.74) is 2.71. The van der Waals surface area contributed by atoms with Crippen molar-refractivity contribution in [2.45, 2.75) is 31.4 Å². The Balaban J connectivity index is 1.44. The Morgan fingerprint density at radius 3 is 3.22 bits per heavy atom. The monoisotopic (exact) mass is 314 g/mol. The van der Waals surface area contributed by atoms with E-state index in [0.717, 1.165) is 50.5 Å². The first-order valence-electron chi connectivity index (χ1n) is 8.20. The lowest BCUT2D eigenvalue weighted by atomic mass is 10.1. The minimum Gasteiger partial charge on any atom is -0.493 e. The number of hydrogen-bond acceptors (Lipinski definition) is 5. The molecule has 0 spiro atoms. The molecule has 6 heteroatoms. The number of methoxy groups -OCH3 is 1. The van der Waals surface area contributed by atoms with Gasteiger partial charge in [0.25, 0.3) is 0 Å². The summed E-state index contributed by atoms with van der Waals surface area (Å²) < 4.78 is 11.1. The van der Waals surface area contributed by atoms with Crippen molar-refractivity contribution in [3.05, 3.63) is 41.5 Å². The molecule has 2 aliphatic rings. The van der Waals surface area contributed by atoms with E-state index >= 15 is 0 Å². The molecule has 6 nitrogen and oxygen atoms in total. The Hall–Kier alpha value is -1.92. The molecule has 0 amide bonds. The summed E-state index contributed by atoms with van der Waals surface area (Å²) in [4.78, 5) is 6.78. The van der Waals surface area contributed by atoms with Crippen LogP contribution in [0.2, 0.25) is 0 Å². The third-order valence-electron chi connectivity index (χ3n) is 4.89. The molecule has 0 saturated carbocycles. The first kappa shape index (κ1) is 14.7. The van der Waals surface area contributed by atoms with E-state index < -0.39 is 0 Å². The lowest BCUT2D eigenvalue weighted by Crippen LogP contribution is -2.28. The summed E-state index contributed by atoms with van der Waals surface area (Å²) in [5, 5.41) is 7.00. The smallest absolute Gasteiger partial charge is 0.141 e. The molecule has 4 rings (SSSR count). The molecule has 23 heavy (non-hydrogen) atoms. The second-order valence-corrected chi connectivity index (χ2v) is 6.27. The first-order chi connectivity index (χ1) is 11.3. The number of aromatic nitrogens is 3. The molecule has 1 N–H and O–H groups in total. The number of H-pyrrole nitrogens is 1. The zero-order valence-corrected chi connectivity index (χ0v) is 13.4. The van der Waals surface area contributed by atoms with Crippen LogP contribution in [0.15, 0.2) is 24.5 Å². The van der Waals surface area contributed by atoms with E-state index in [9.17, 15) is 0 Å². The van der Waals surface area contributed by atoms with Gasteiger partial charge in [-0.15, -0.1) is 0 Å². The maximum Gasteiger partial charge on any atom is 0.141 e. The molecule has 0 bridgehead atoms. The minimum absolute atomic E-state index is 0.263. The predicted octanol–water partition coefficient (Wildman–Crippen LogP) is 1.74. The number of benzene rings is 1. The number of fused-ring (bicyclic) bond motifs is 1. The van der Waals surface area contributed by atoms with Crippen LogP contribution in [0.3, 0.4) is 0 Å². The number of rotatable bonds is 5. The maximum absolute atomic E-state index is 5.58. The van der Waals surface area contributed by atoms with Gasteiger partial charge in [-0.1, -0.05) is 12.1 Å². The van der Waals surface area contributed by atoms with Gasteiger partial charge in [-0.25, -0.2) is 4.98 Å². The van der Waals surface area contributed by atoms with Crippen molar-refractivity contribution in [1.82, 2.24) is 20.1 Å². The number of aromatic amines is 1. The molecule has 1 saturated heterocycles. The molecular weight excluding hydrogens is 292 g/mol. The molecule has 1 fully saturated rings. The zero-order valence-electron chi connectivity index (χ0n) is 13.4. The Morgan fingerprint density at radius 1 is 1.43 bits per heavy atom. The van der Waals surface area contributed by atoms with Crippen LogP contribution in [0, 0.1) is 0 Å². The van der Waals surface area contributed by atoms with E-state index in [0.29, 0.717) is 0 Å². The Morgan fingerprint density at radius 2 is 2.39 bits per heavy atom. The minimum atomic E-state index is 0.263. The van der Waals surface area contributed by atoms with Gasteiger partial charge in [0.1, 0.15) is 17.9 Å². The molecule has 3 heterocycles. The summed E-state index contributed by atoms with van der Waals surface area (Å²) >= 11 is 0. The number of ether oxygens (including phenoxy) is 2. The van der Waals surface area contributed by atoms with Crippen LogP contribution in [0.5, 0.6) is 5.75 Å². The second kappa shape index (κ2) is 6.29. The quantitative estimate of drug-likeness (QED) is 0.911. The van der Waals surface area contributed by atoms with Gasteiger partial charge >= 0.3 is 0 Å². The number of nitrogens with zero attached hydrogens (tertiary/aromatic N) is 3. The Kier molecular flexibility index (Phi) is 4.01. The normalized spacial score (nSPS) is 23.9. The molecule has 1 aromatic heterocycles. The van der Waals surface area contributed by atoms with E-state index in [4.69, 9.17) is 9.47 Å². The fraction of sp³-hybridized carbons (Fsp3) is 0.529. The summed E-state index contributed by atoms with van der Waals surface area (Å²) in [6.45, 7) is 2.74. The Bertz CT molecular complexity index is 659. The topological polar surface area (TPSA) is 63.3 Å². The highest BCUT2D eigenvalue weighted by atomic mass is 16.5. The van der Waals surface area contributed by atoms with Crippen molar-refractivity contribution in [2.24, 2.45) is 0 Å². The molecule has 1 aromatic carbocycles. The standard InChI is InChI=1S/C17H22N4O2/c1-22-14-9-15(17-18-11-19-20-17)21(10-14)6-4-12-2-3-16-13(8-12)5-7-23-16/h2-3,8,11,14-15H,4-7,9-10H2,1H3,(H,18,19,20)/t14-,15+/m1/s1. The highest BCUT2D eigenvalue weighted by Gasteiger charge is 2.34. The first-order valence-corrected chi connectivity index (χ1v) is 8.20. The van der Waals surface area contributed by atoms with Crippen molar-refractivity contribution in [3.63, 3.8) is 0 Å². The van der Waals surface area contributed by atoms with Gasteiger partial charge in [0.05, 0.1) is 18.8 Å². The Labute approximate surface area is 135 Å². The molecule has 2 atom stereocenters. The predicted molar refractivity (Wildman–Crippen MR) is 85.5 cm³/mol. The molecule has 122 valence electrons. The lowest BCUT2D eigenvalue weighted by molar-refractivity contribution is 0.108. The van der Waals surface area contributed by atoms with Crippen molar-refractivity contribution >= 4 is 0 Å². The van der Waals surface area contributed by atoms with Crippen molar-refractivity contribution in [1.29, 1.82) is 0 Å². The molecule has 2 aliphatic heterocycles. The molecular formula is C17H22N4O2. The summed E-state index contributed by atoms with van der Waals surface area (Å²) in [7, 11) is 1.78. The summed E-state index contributed by atoms with van der Waals surface area (Å²) in [5.74, 6) is 1.99. The molecule has 0 aliphatic carbocycles. The van der Waals surface area contributed by atoms with Crippen LogP contribution in [-0.2, 0) is 17.6 Å². The highest BCUT2D eigenvalue weighted by molar-refractivity contribution is 5.39. The van der Waals surface area contributed by atoms with Gasteiger partial charge in [-0.2, -0.15) is 5.10 Å². The average Bonchev–Trinajstić information content (AvgIpc) is 3.30. The molecule has 2 aromatic rings. The third-order valence-corrected chi connectivity index (χ3v) is 4.89. The van der Waals surface area contributed by atoms with Gasteiger partial charge < -0.3 is 9.47 Å². The van der Waals surface area contributed by atoms with E-state index in [1.807, 2.05) is 0 Å². The van der Waals surface area contributed by atoms with Crippen LogP contribution in [0.4, 0.5) is 0 Å². The van der Waals surface area contributed by atoms with Crippen LogP contribution in [0.25, 0.3) is 0 Å². The van der Waals surface area contributed by atoms with Gasteiger partial charge in [0.2, 0.25) is 0 Å². The second-order valence-electron chi connectivity index (χ2n) is 6.27. The van der Waals surface area contributed by atoms with Gasteiger partial charge in [0, 0.05) is 26.6 Å². The lowest BCUT2D eigenvalue weighted by Gasteiger charge is -2.22. The third kappa shape index (κ3) is 2.96. The van der Waals surface area contributed by atoms with Crippen molar-refractivity contribution in [2.75, 3.05) is 26.8 Å². The average molecular weight is 314 g/mol. The van der Waals surface area contributed by atoms with Crippen LogP contribution in [-0.4, -0.2) is 53.0 Å². The van der Waals surface area contributed by atoms with Gasteiger partial charge in [0.15, 0.2) is 0 Å². The summed E-state index contributed by atoms with van der Waals surface area (Å²) in [6, 6.07) is 6.83. The fourth-order valence-corrected chi connectivity index (χ4v) is 3.61. The molecule has 0 radical (unpaired) electrons. The van der Waals surface area contributed by atoms with Crippen molar-refractivity contribution < 1.29 is 9.47 Å². The van der Waals surface area contributed by atoms with Crippen molar-refractivity contribution in [3.8, 4) is 5.75 Å². The van der Waals surface area contributed by atoms with Crippen LogP contribution >= 0.6 is 0 Å². The van der Waals surface area contributed by atoms with E-state index in [-0.39, 0.29) is 12.1 Å². The largest absolute Gasteiger partial charge is 0.493 e.